The number of rotatable bonds is 6. The van der Waals surface area contributed by atoms with Gasteiger partial charge in [0.05, 0.1) is 6.54 Å². The van der Waals surface area contributed by atoms with Gasteiger partial charge in [0.2, 0.25) is 0 Å². The van der Waals surface area contributed by atoms with Gasteiger partial charge in [-0.25, -0.2) is 4.39 Å². The fourth-order valence-electron chi connectivity index (χ4n) is 1.66. The first-order chi connectivity index (χ1) is 8.04. The molecular weight excluding hydrogens is 217 g/mol. The maximum absolute atomic E-state index is 13.3. The second-order valence-electron chi connectivity index (χ2n) is 4.48. The molecule has 0 amide bonds. The summed E-state index contributed by atoms with van der Waals surface area (Å²) in [6.45, 7) is 4.54. The van der Waals surface area contributed by atoms with Crippen LogP contribution in [0.4, 0.5) is 4.39 Å². The zero-order valence-corrected chi connectivity index (χ0v) is 10.7. The lowest BCUT2D eigenvalue weighted by molar-refractivity contribution is -0.119. The summed E-state index contributed by atoms with van der Waals surface area (Å²) in [7, 11) is 1.92. The zero-order chi connectivity index (χ0) is 12.8. The van der Waals surface area contributed by atoms with Crippen LogP contribution in [0.5, 0.6) is 0 Å². The Morgan fingerprint density at radius 3 is 2.65 bits per heavy atom. The van der Waals surface area contributed by atoms with Gasteiger partial charge in [-0.15, -0.1) is 0 Å². The van der Waals surface area contributed by atoms with E-state index in [-0.39, 0.29) is 18.0 Å². The van der Waals surface area contributed by atoms with E-state index in [1.807, 2.05) is 11.9 Å². The van der Waals surface area contributed by atoms with E-state index in [2.05, 4.69) is 13.8 Å². The van der Waals surface area contributed by atoms with Crippen molar-refractivity contribution in [2.45, 2.75) is 32.7 Å². The van der Waals surface area contributed by atoms with Crippen molar-refractivity contribution in [2.24, 2.45) is 0 Å². The first-order valence-electron chi connectivity index (χ1n) is 6.00. The van der Waals surface area contributed by atoms with E-state index in [1.54, 1.807) is 18.2 Å². The number of likely N-dealkylation sites (N-methyl/N-ethyl adjacent to an activating group) is 1. The fourth-order valence-corrected chi connectivity index (χ4v) is 1.66. The van der Waals surface area contributed by atoms with Gasteiger partial charge in [0.1, 0.15) is 5.82 Å². The van der Waals surface area contributed by atoms with E-state index >= 15 is 0 Å². The molecule has 0 aliphatic heterocycles. The Balaban J connectivity index is 2.53. The number of hydrogen-bond acceptors (Lipinski definition) is 2. The van der Waals surface area contributed by atoms with Crippen LogP contribution in [0.25, 0.3) is 0 Å². The Kier molecular flexibility index (Phi) is 5.29. The number of carbonyl (C=O) groups excluding carboxylic acids is 1. The van der Waals surface area contributed by atoms with Gasteiger partial charge < -0.3 is 0 Å². The van der Waals surface area contributed by atoms with Gasteiger partial charge in [-0.1, -0.05) is 25.1 Å². The average Bonchev–Trinajstić information content (AvgIpc) is 2.31. The van der Waals surface area contributed by atoms with Crippen molar-refractivity contribution in [2.75, 3.05) is 13.6 Å². The van der Waals surface area contributed by atoms with Crippen molar-refractivity contribution in [3.63, 3.8) is 0 Å². The number of nitrogens with zero attached hydrogens (tertiary/aromatic N) is 1. The van der Waals surface area contributed by atoms with Gasteiger partial charge >= 0.3 is 0 Å². The van der Waals surface area contributed by atoms with E-state index in [4.69, 9.17) is 0 Å². The van der Waals surface area contributed by atoms with Gasteiger partial charge in [0.25, 0.3) is 0 Å². The molecule has 3 heteroatoms. The lowest BCUT2D eigenvalue weighted by atomic mass is 10.1. The smallest absolute Gasteiger partial charge is 0.151 e. The van der Waals surface area contributed by atoms with E-state index in [0.29, 0.717) is 18.2 Å². The highest BCUT2D eigenvalue weighted by atomic mass is 19.1. The summed E-state index contributed by atoms with van der Waals surface area (Å²) in [5.41, 5.74) is 0.482. The first kappa shape index (κ1) is 13.8. The Morgan fingerprint density at radius 1 is 1.41 bits per heavy atom. The normalized spacial score (nSPS) is 12.8. The molecule has 0 heterocycles. The Hall–Kier alpha value is -1.22. The molecule has 0 radical (unpaired) electrons. The summed E-state index contributed by atoms with van der Waals surface area (Å²) in [6.07, 6.45) is 1.18. The van der Waals surface area contributed by atoms with E-state index in [0.717, 1.165) is 6.42 Å². The Bertz CT molecular complexity index is 378. The number of hydrogen-bond donors (Lipinski definition) is 0. The van der Waals surface area contributed by atoms with Crippen molar-refractivity contribution in [3.05, 3.63) is 35.6 Å². The number of halogens is 1. The Labute approximate surface area is 102 Å². The number of carbonyl (C=O) groups is 1. The molecule has 0 aromatic heterocycles. The molecule has 94 valence electrons. The summed E-state index contributed by atoms with van der Waals surface area (Å²) in [5, 5.41) is 0. The summed E-state index contributed by atoms with van der Waals surface area (Å²) in [5.74, 6) is -0.245. The third-order valence-electron chi connectivity index (χ3n) is 3.11. The lowest BCUT2D eigenvalue weighted by Gasteiger charge is -2.22. The summed E-state index contributed by atoms with van der Waals surface area (Å²) in [4.78, 5) is 13.8. The summed E-state index contributed by atoms with van der Waals surface area (Å²) >= 11 is 0. The van der Waals surface area contributed by atoms with Crippen LogP contribution < -0.4 is 0 Å². The molecule has 17 heavy (non-hydrogen) atoms. The molecule has 1 atom stereocenters. The highest BCUT2D eigenvalue weighted by Crippen LogP contribution is 2.08. The maximum Gasteiger partial charge on any atom is 0.151 e. The molecule has 0 fully saturated rings. The SMILES string of the molecule is CCC(C)N(C)CC(=O)Cc1ccccc1F. The molecule has 1 aromatic carbocycles. The van der Waals surface area contributed by atoms with Crippen molar-refractivity contribution in [1.29, 1.82) is 0 Å². The van der Waals surface area contributed by atoms with Crippen LogP contribution in [0.3, 0.4) is 0 Å². The third kappa shape index (κ3) is 4.27. The molecule has 1 unspecified atom stereocenters. The number of benzene rings is 1. The number of ketones is 1. The molecule has 0 bridgehead atoms. The predicted octanol–water partition coefficient (Wildman–Crippen LogP) is 2.67. The van der Waals surface area contributed by atoms with Crippen LogP contribution in [-0.4, -0.2) is 30.3 Å². The molecule has 0 saturated heterocycles. The molecule has 0 aliphatic rings. The first-order valence-corrected chi connectivity index (χ1v) is 6.00. The van der Waals surface area contributed by atoms with Crippen LogP contribution in [0.1, 0.15) is 25.8 Å². The van der Waals surface area contributed by atoms with Crippen LogP contribution in [0, 0.1) is 5.82 Å². The molecule has 0 saturated carbocycles. The second-order valence-corrected chi connectivity index (χ2v) is 4.48. The van der Waals surface area contributed by atoms with Crippen molar-refractivity contribution < 1.29 is 9.18 Å². The monoisotopic (exact) mass is 237 g/mol. The molecular formula is C14H20FNO. The fraction of sp³-hybridized carbons (Fsp3) is 0.500. The van der Waals surface area contributed by atoms with E-state index in [9.17, 15) is 9.18 Å². The average molecular weight is 237 g/mol. The summed E-state index contributed by atoms with van der Waals surface area (Å²) in [6, 6.07) is 6.82. The van der Waals surface area contributed by atoms with Crippen LogP contribution in [-0.2, 0) is 11.2 Å². The van der Waals surface area contributed by atoms with E-state index < -0.39 is 0 Å². The zero-order valence-electron chi connectivity index (χ0n) is 10.7. The van der Waals surface area contributed by atoms with Crippen LogP contribution >= 0.6 is 0 Å². The minimum absolute atomic E-state index is 0.0536. The minimum Gasteiger partial charge on any atom is -0.298 e. The standard InChI is InChI=1S/C14H20FNO/c1-4-11(2)16(3)10-13(17)9-12-7-5-6-8-14(12)15/h5-8,11H,4,9-10H2,1-3H3. The van der Waals surface area contributed by atoms with Gasteiger partial charge in [-0.2, -0.15) is 0 Å². The molecule has 2 nitrogen and oxygen atoms in total. The second kappa shape index (κ2) is 6.50. The highest BCUT2D eigenvalue weighted by molar-refractivity contribution is 5.82. The number of Topliss-reactive ketones (excluding diaryl/α,β-unsaturated/α-hetero) is 1. The van der Waals surface area contributed by atoms with E-state index in [1.165, 1.54) is 6.07 Å². The molecule has 0 N–H and O–H groups in total. The predicted molar refractivity (Wildman–Crippen MR) is 67.5 cm³/mol. The molecule has 1 aromatic rings. The van der Waals surface area contributed by atoms with Crippen LogP contribution in [0.15, 0.2) is 24.3 Å². The molecule has 1 rings (SSSR count). The molecule has 0 spiro atoms. The lowest BCUT2D eigenvalue weighted by Crippen LogP contribution is -2.34. The maximum atomic E-state index is 13.3. The van der Waals surface area contributed by atoms with Gasteiger partial charge in [0.15, 0.2) is 5.78 Å². The van der Waals surface area contributed by atoms with Crippen molar-refractivity contribution in [1.82, 2.24) is 4.90 Å². The molecule has 0 aliphatic carbocycles. The topological polar surface area (TPSA) is 20.3 Å². The quantitative estimate of drug-likeness (QED) is 0.758. The van der Waals surface area contributed by atoms with Crippen molar-refractivity contribution >= 4 is 5.78 Å². The van der Waals surface area contributed by atoms with Gasteiger partial charge in [-0.3, -0.25) is 9.69 Å². The largest absolute Gasteiger partial charge is 0.298 e. The highest BCUT2D eigenvalue weighted by Gasteiger charge is 2.13. The summed E-state index contributed by atoms with van der Waals surface area (Å²) < 4.78 is 13.3. The van der Waals surface area contributed by atoms with Crippen molar-refractivity contribution in [3.8, 4) is 0 Å². The van der Waals surface area contributed by atoms with Gasteiger partial charge in [-0.05, 0) is 32.0 Å². The van der Waals surface area contributed by atoms with Crippen LogP contribution in [0.2, 0.25) is 0 Å². The minimum atomic E-state index is -0.299. The van der Waals surface area contributed by atoms with Gasteiger partial charge in [0, 0.05) is 12.5 Å². The third-order valence-corrected chi connectivity index (χ3v) is 3.11. The Morgan fingerprint density at radius 2 is 2.06 bits per heavy atom.